The molecule has 1 fully saturated rings. The number of benzene rings is 1. The molecule has 1 amide bonds. The van der Waals surface area contributed by atoms with Crippen LogP contribution in [0.25, 0.3) is 0 Å². The molecule has 0 bridgehead atoms. The van der Waals surface area contributed by atoms with Gasteiger partial charge in [0.05, 0.1) is 0 Å². The van der Waals surface area contributed by atoms with E-state index in [2.05, 4.69) is 17.6 Å². The van der Waals surface area contributed by atoms with E-state index >= 15 is 0 Å². The summed E-state index contributed by atoms with van der Waals surface area (Å²) in [4.78, 5) is 12.2. The summed E-state index contributed by atoms with van der Waals surface area (Å²) in [5, 5.41) is 7.03. The van der Waals surface area contributed by atoms with Crippen LogP contribution in [-0.2, 0) is 4.79 Å². The van der Waals surface area contributed by atoms with Crippen LogP contribution < -0.4 is 10.6 Å². The van der Waals surface area contributed by atoms with Crippen molar-refractivity contribution in [2.45, 2.75) is 33.1 Å². The second-order valence-corrected chi connectivity index (χ2v) is 6.23. The van der Waals surface area contributed by atoms with Crippen molar-refractivity contribution in [2.24, 2.45) is 11.8 Å². The summed E-state index contributed by atoms with van der Waals surface area (Å²) >= 11 is 5.97. The van der Waals surface area contributed by atoms with Crippen molar-refractivity contribution in [3.8, 4) is 0 Å². The maximum Gasteiger partial charge on any atom is 0.224 e. The Morgan fingerprint density at radius 3 is 2.95 bits per heavy atom. The topological polar surface area (TPSA) is 41.1 Å². The molecule has 0 saturated carbocycles. The highest BCUT2D eigenvalue weighted by Crippen LogP contribution is 2.24. The first-order valence-electron chi connectivity index (χ1n) is 7.33. The van der Waals surface area contributed by atoms with Crippen LogP contribution >= 0.6 is 24.0 Å². The summed E-state index contributed by atoms with van der Waals surface area (Å²) < 4.78 is 0. The highest BCUT2D eigenvalue weighted by molar-refractivity contribution is 6.31. The fraction of sp³-hybridized carbons (Fsp3) is 0.562. The number of nitrogens with one attached hydrogen (secondary N) is 2. The number of piperidine rings is 1. The number of carbonyl (C=O) groups excluding carboxylic acids is 1. The molecule has 0 aliphatic carbocycles. The van der Waals surface area contributed by atoms with E-state index in [1.165, 1.54) is 12.8 Å². The Bertz CT molecular complexity index is 473. The summed E-state index contributed by atoms with van der Waals surface area (Å²) in [5.74, 6) is 1.09. The summed E-state index contributed by atoms with van der Waals surface area (Å²) in [6, 6.07) is 5.57. The molecule has 2 rings (SSSR count). The largest absolute Gasteiger partial charge is 0.326 e. The van der Waals surface area contributed by atoms with Gasteiger partial charge in [-0.3, -0.25) is 4.79 Å². The van der Waals surface area contributed by atoms with E-state index in [1.54, 1.807) is 0 Å². The van der Waals surface area contributed by atoms with Crippen molar-refractivity contribution in [2.75, 3.05) is 18.4 Å². The lowest BCUT2D eigenvalue weighted by molar-refractivity contribution is -0.117. The molecule has 21 heavy (non-hydrogen) atoms. The van der Waals surface area contributed by atoms with E-state index in [4.69, 9.17) is 11.6 Å². The zero-order valence-electron chi connectivity index (χ0n) is 12.6. The van der Waals surface area contributed by atoms with E-state index in [-0.39, 0.29) is 18.3 Å². The molecule has 1 aromatic carbocycles. The Kier molecular flexibility index (Phi) is 7.50. The first kappa shape index (κ1) is 18.3. The van der Waals surface area contributed by atoms with Crippen molar-refractivity contribution in [1.29, 1.82) is 0 Å². The fourth-order valence-electron chi connectivity index (χ4n) is 2.75. The number of anilines is 1. The monoisotopic (exact) mass is 330 g/mol. The highest BCUT2D eigenvalue weighted by Gasteiger charge is 2.22. The lowest BCUT2D eigenvalue weighted by Gasteiger charge is -2.28. The van der Waals surface area contributed by atoms with E-state index in [0.29, 0.717) is 23.3 Å². The van der Waals surface area contributed by atoms with Gasteiger partial charge in [0.1, 0.15) is 0 Å². The average molecular weight is 331 g/mol. The first-order valence-corrected chi connectivity index (χ1v) is 7.71. The van der Waals surface area contributed by atoms with Crippen LogP contribution in [0.3, 0.4) is 0 Å². The van der Waals surface area contributed by atoms with Gasteiger partial charge >= 0.3 is 0 Å². The van der Waals surface area contributed by atoms with Crippen LogP contribution in [0.1, 0.15) is 31.7 Å². The Balaban J connectivity index is 0.00000220. The van der Waals surface area contributed by atoms with Gasteiger partial charge in [-0.25, -0.2) is 0 Å². The summed E-state index contributed by atoms with van der Waals surface area (Å²) in [5.41, 5.74) is 1.85. The Morgan fingerprint density at radius 1 is 1.52 bits per heavy atom. The molecule has 0 aromatic heterocycles. The second kappa shape index (κ2) is 8.62. The number of hydrogen-bond acceptors (Lipinski definition) is 2. The number of hydrogen-bond donors (Lipinski definition) is 2. The lowest BCUT2D eigenvalue weighted by atomic mass is 9.85. The minimum absolute atomic E-state index is 0. The third kappa shape index (κ3) is 5.50. The molecule has 1 aromatic rings. The Morgan fingerprint density at radius 2 is 2.29 bits per heavy atom. The van der Waals surface area contributed by atoms with Crippen LogP contribution in [0.15, 0.2) is 18.2 Å². The summed E-state index contributed by atoms with van der Waals surface area (Å²) in [6.07, 6.45) is 3.00. The minimum atomic E-state index is 0. The average Bonchev–Trinajstić information content (AvgIpc) is 2.43. The first-order chi connectivity index (χ1) is 9.56. The predicted molar refractivity (Wildman–Crippen MR) is 91.4 cm³/mol. The quantitative estimate of drug-likeness (QED) is 0.874. The molecule has 1 saturated heterocycles. The third-order valence-corrected chi connectivity index (χ3v) is 4.36. The lowest BCUT2D eigenvalue weighted by Crippen LogP contribution is -2.34. The van der Waals surface area contributed by atoms with Gasteiger partial charge in [-0.2, -0.15) is 0 Å². The van der Waals surface area contributed by atoms with Gasteiger partial charge in [0, 0.05) is 17.1 Å². The fourth-order valence-corrected chi connectivity index (χ4v) is 2.93. The molecule has 0 spiro atoms. The molecule has 2 unspecified atom stereocenters. The molecule has 118 valence electrons. The minimum Gasteiger partial charge on any atom is -0.326 e. The van der Waals surface area contributed by atoms with Gasteiger partial charge in [-0.05, 0) is 62.4 Å². The molecule has 2 N–H and O–H groups in total. The van der Waals surface area contributed by atoms with Gasteiger partial charge in [0.25, 0.3) is 0 Å². The van der Waals surface area contributed by atoms with Crippen molar-refractivity contribution in [3.05, 3.63) is 28.8 Å². The SMILES string of the molecule is Cc1ccc(Cl)cc1NC(=O)CC(C)C1CCCNC1.Cl. The van der Waals surface area contributed by atoms with Crippen LogP contribution in [-0.4, -0.2) is 19.0 Å². The second-order valence-electron chi connectivity index (χ2n) is 5.80. The van der Waals surface area contributed by atoms with Crippen LogP contribution in [0, 0.1) is 18.8 Å². The molecule has 1 aliphatic rings. The number of aryl methyl sites for hydroxylation is 1. The third-order valence-electron chi connectivity index (χ3n) is 4.12. The van der Waals surface area contributed by atoms with E-state index < -0.39 is 0 Å². The van der Waals surface area contributed by atoms with E-state index in [1.807, 2.05) is 25.1 Å². The normalized spacial score (nSPS) is 19.5. The van der Waals surface area contributed by atoms with Crippen LogP contribution in [0.4, 0.5) is 5.69 Å². The van der Waals surface area contributed by atoms with Gasteiger partial charge in [-0.1, -0.05) is 24.6 Å². The molecule has 1 heterocycles. The molecule has 3 nitrogen and oxygen atoms in total. The van der Waals surface area contributed by atoms with Crippen molar-refractivity contribution in [1.82, 2.24) is 5.32 Å². The summed E-state index contributed by atoms with van der Waals surface area (Å²) in [6.45, 7) is 6.28. The maximum absolute atomic E-state index is 12.2. The number of rotatable bonds is 4. The standard InChI is InChI=1S/C16H23ClN2O.ClH/c1-11-5-6-14(17)9-15(11)19-16(20)8-12(2)13-4-3-7-18-10-13;/h5-6,9,12-13,18H,3-4,7-8,10H2,1-2H3,(H,19,20);1H. The molecule has 0 radical (unpaired) electrons. The molecule has 5 heteroatoms. The number of carbonyl (C=O) groups is 1. The molecule has 1 aliphatic heterocycles. The van der Waals surface area contributed by atoms with Gasteiger partial charge in [0.2, 0.25) is 5.91 Å². The molecular weight excluding hydrogens is 307 g/mol. The Hall–Kier alpha value is -0.770. The highest BCUT2D eigenvalue weighted by atomic mass is 35.5. The Labute approximate surface area is 138 Å². The van der Waals surface area contributed by atoms with Crippen LogP contribution in [0.5, 0.6) is 0 Å². The molecular formula is C16H24Cl2N2O. The van der Waals surface area contributed by atoms with Crippen molar-refractivity contribution >= 4 is 35.6 Å². The van der Waals surface area contributed by atoms with Gasteiger partial charge in [0.15, 0.2) is 0 Å². The smallest absolute Gasteiger partial charge is 0.224 e. The molecule has 2 atom stereocenters. The van der Waals surface area contributed by atoms with Gasteiger partial charge in [-0.15, -0.1) is 12.4 Å². The van der Waals surface area contributed by atoms with E-state index in [9.17, 15) is 4.79 Å². The maximum atomic E-state index is 12.2. The number of amides is 1. The summed E-state index contributed by atoms with van der Waals surface area (Å²) in [7, 11) is 0. The van der Waals surface area contributed by atoms with E-state index in [0.717, 1.165) is 24.3 Å². The van der Waals surface area contributed by atoms with Crippen LogP contribution in [0.2, 0.25) is 5.02 Å². The number of halogens is 2. The zero-order chi connectivity index (χ0) is 14.5. The van der Waals surface area contributed by atoms with Gasteiger partial charge < -0.3 is 10.6 Å². The van der Waals surface area contributed by atoms with Crippen molar-refractivity contribution in [3.63, 3.8) is 0 Å². The zero-order valence-corrected chi connectivity index (χ0v) is 14.2. The predicted octanol–water partition coefficient (Wildman–Crippen LogP) is 4.03. The van der Waals surface area contributed by atoms with Crippen molar-refractivity contribution < 1.29 is 4.79 Å².